The van der Waals surface area contributed by atoms with Gasteiger partial charge >= 0.3 is 0 Å². The predicted octanol–water partition coefficient (Wildman–Crippen LogP) is 0.0915. The second-order valence-corrected chi connectivity index (χ2v) is 8.47. The molecule has 4 rings (SSSR count). The van der Waals surface area contributed by atoms with Crippen molar-refractivity contribution in [2.24, 2.45) is 17.3 Å². The Morgan fingerprint density at radius 3 is 2.36 bits per heavy atom. The highest BCUT2D eigenvalue weighted by atomic mass is 35.5. The van der Waals surface area contributed by atoms with E-state index in [2.05, 4.69) is 10.6 Å². The molecule has 9 heteroatoms. The first-order valence-corrected chi connectivity index (χ1v) is 9.97. The number of nitrogens with zero attached hydrogens (tertiary/aromatic N) is 1. The molecule has 4 aliphatic heterocycles. The minimum Gasteiger partial charge on any atom is -0.384 e. The first-order valence-electron chi connectivity index (χ1n) is 9.97. The molecule has 0 aromatic carbocycles. The molecular formula is C19H30ClN3O5. The molecule has 158 valence electrons. The van der Waals surface area contributed by atoms with Crippen LogP contribution in [-0.4, -0.2) is 74.2 Å². The molecule has 5 atom stereocenters. The highest BCUT2D eigenvalue weighted by Gasteiger charge is 2.63. The summed E-state index contributed by atoms with van der Waals surface area (Å²) in [5.41, 5.74) is -0.0993. The molecule has 4 aliphatic rings. The van der Waals surface area contributed by atoms with Crippen LogP contribution >= 0.6 is 12.4 Å². The van der Waals surface area contributed by atoms with E-state index in [4.69, 9.17) is 9.47 Å². The van der Waals surface area contributed by atoms with Crippen LogP contribution in [0.4, 0.5) is 0 Å². The third kappa shape index (κ3) is 3.44. The van der Waals surface area contributed by atoms with Crippen LogP contribution < -0.4 is 10.6 Å². The number of carbonyl (C=O) groups excluding carboxylic acids is 3. The van der Waals surface area contributed by atoms with Gasteiger partial charge in [-0.15, -0.1) is 12.4 Å². The molecule has 0 spiro atoms. The largest absolute Gasteiger partial charge is 0.384 e. The fourth-order valence-corrected chi connectivity index (χ4v) is 5.29. The van der Waals surface area contributed by atoms with Gasteiger partial charge in [0.1, 0.15) is 6.04 Å². The number of rotatable bonds is 6. The van der Waals surface area contributed by atoms with Gasteiger partial charge in [-0.2, -0.15) is 0 Å². The normalized spacial score (nSPS) is 34.1. The van der Waals surface area contributed by atoms with Gasteiger partial charge in [0, 0.05) is 19.1 Å². The Bertz CT molecular complexity index is 606. The molecule has 0 saturated carbocycles. The number of methoxy groups -OCH3 is 1. The van der Waals surface area contributed by atoms with Gasteiger partial charge in [0.05, 0.1) is 30.7 Å². The Kier molecular flexibility index (Phi) is 6.34. The molecule has 0 aliphatic carbocycles. The van der Waals surface area contributed by atoms with E-state index in [1.165, 1.54) is 4.90 Å². The second kappa shape index (κ2) is 8.26. The average Bonchev–Trinajstić information content (AvgIpc) is 3.34. The molecule has 3 amide bonds. The standard InChI is InChI=1S/C19H29N3O5.ClH/c1-11(16(23)21-9-19(10-26-2)5-7-20-8-6-19)22-17(24)14-12-3-4-13(27-12)15(14)18(22)25;/h11-15,20H,3-10H2,1-2H3,(H,21,23);1H. The lowest BCUT2D eigenvalue weighted by atomic mass is 9.79. The Balaban J connectivity index is 0.00000225. The molecule has 2 N–H and O–H groups in total. The van der Waals surface area contributed by atoms with E-state index in [9.17, 15) is 14.4 Å². The molecule has 0 aromatic rings. The Morgan fingerprint density at radius 2 is 1.82 bits per heavy atom. The SMILES string of the molecule is COCC1(CNC(=O)C(C)N2C(=O)C3C4CCC(O4)C3C2=O)CCNCC1.Cl. The van der Waals surface area contributed by atoms with E-state index >= 15 is 0 Å². The van der Waals surface area contributed by atoms with Crippen molar-refractivity contribution < 1.29 is 23.9 Å². The number of halogens is 1. The maximum Gasteiger partial charge on any atom is 0.243 e. The third-order valence-electron chi connectivity index (χ3n) is 6.84. The van der Waals surface area contributed by atoms with Crippen molar-refractivity contribution in [1.29, 1.82) is 0 Å². The number of amides is 3. The monoisotopic (exact) mass is 415 g/mol. The van der Waals surface area contributed by atoms with Crippen molar-refractivity contribution in [1.82, 2.24) is 15.5 Å². The summed E-state index contributed by atoms with van der Waals surface area (Å²) < 4.78 is 11.1. The zero-order chi connectivity index (χ0) is 19.2. The van der Waals surface area contributed by atoms with E-state index in [1.807, 2.05) is 0 Å². The zero-order valence-electron chi connectivity index (χ0n) is 16.4. The lowest BCUT2D eigenvalue weighted by Crippen LogP contribution is -2.53. The summed E-state index contributed by atoms with van der Waals surface area (Å²) in [5, 5.41) is 6.30. The van der Waals surface area contributed by atoms with Crippen molar-refractivity contribution in [2.45, 2.75) is 50.9 Å². The number of nitrogens with one attached hydrogen (secondary N) is 2. The highest BCUT2D eigenvalue weighted by molar-refractivity contribution is 6.09. The predicted molar refractivity (Wildman–Crippen MR) is 103 cm³/mol. The summed E-state index contributed by atoms with van der Waals surface area (Å²) in [7, 11) is 1.67. The summed E-state index contributed by atoms with van der Waals surface area (Å²) in [4.78, 5) is 39.6. The van der Waals surface area contributed by atoms with Crippen molar-refractivity contribution in [3.63, 3.8) is 0 Å². The third-order valence-corrected chi connectivity index (χ3v) is 6.84. The lowest BCUT2D eigenvalue weighted by molar-refractivity contribution is -0.149. The summed E-state index contributed by atoms with van der Waals surface area (Å²) in [5.74, 6) is -1.55. The summed E-state index contributed by atoms with van der Waals surface area (Å²) >= 11 is 0. The van der Waals surface area contributed by atoms with Gasteiger partial charge < -0.3 is 20.1 Å². The first kappa shape index (κ1) is 21.5. The van der Waals surface area contributed by atoms with Crippen LogP contribution in [0.5, 0.6) is 0 Å². The van der Waals surface area contributed by atoms with Crippen molar-refractivity contribution >= 4 is 30.1 Å². The molecule has 8 nitrogen and oxygen atoms in total. The fourth-order valence-electron chi connectivity index (χ4n) is 5.29. The number of hydrogen-bond donors (Lipinski definition) is 2. The van der Waals surface area contributed by atoms with Gasteiger partial charge in [-0.1, -0.05) is 0 Å². The molecule has 2 bridgehead atoms. The summed E-state index contributed by atoms with van der Waals surface area (Å²) in [6.45, 7) is 4.49. The quantitative estimate of drug-likeness (QED) is 0.597. The van der Waals surface area contributed by atoms with Crippen LogP contribution in [0.3, 0.4) is 0 Å². The van der Waals surface area contributed by atoms with Crippen LogP contribution in [0.15, 0.2) is 0 Å². The van der Waals surface area contributed by atoms with E-state index in [1.54, 1.807) is 14.0 Å². The van der Waals surface area contributed by atoms with E-state index in [-0.39, 0.29) is 47.8 Å². The zero-order valence-corrected chi connectivity index (χ0v) is 17.3. The number of piperidine rings is 1. The molecule has 4 heterocycles. The topological polar surface area (TPSA) is 97.0 Å². The minimum atomic E-state index is -0.795. The van der Waals surface area contributed by atoms with Crippen molar-refractivity contribution in [2.75, 3.05) is 33.4 Å². The summed E-state index contributed by atoms with van der Waals surface area (Å²) in [6.07, 6.45) is 3.18. The Hall–Kier alpha value is -1.22. The molecule has 4 fully saturated rings. The molecule has 5 unspecified atom stereocenters. The van der Waals surface area contributed by atoms with Gasteiger partial charge in [-0.05, 0) is 45.7 Å². The smallest absolute Gasteiger partial charge is 0.243 e. The number of fused-ring (bicyclic) bond motifs is 5. The van der Waals surface area contributed by atoms with Crippen LogP contribution in [0, 0.1) is 17.3 Å². The maximum absolute atomic E-state index is 12.8. The molecule has 0 aromatic heterocycles. The van der Waals surface area contributed by atoms with Crippen LogP contribution in [0.25, 0.3) is 0 Å². The number of hydrogen-bond acceptors (Lipinski definition) is 6. The average molecular weight is 416 g/mol. The lowest BCUT2D eigenvalue weighted by Gasteiger charge is -2.37. The second-order valence-electron chi connectivity index (χ2n) is 8.47. The van der Waals surface area contributed by atoms with Gasteiger partial charge in [0.15, 0.2) is 0 Å². The first-order chi connectivity index (χ1) is 13.0. The molecule has 0 radical (unpaired) electrons. The number of imide groups is 1. The molecule has 28 heavy (non-hydrogen) atoms. The van der Waals surface area contributed by atoms with Gasteiger partial charge in [-0.25, -0.2) is 0 Å². The van der Waals surface area contributed by atoms with Crippen molar-refractivity contribution in [3.05, 3.63) is 0 Å². The summed E-state index contributed by atoms with van der Waals surface area (Å²) in [6, 6.07) is -0.795. The number of carbonyl (C=O) groups is 3. The minimum absolute atomic E-state index is 0. The molecule has 4 saturated heterocycles. The fraction of sp³-hybridized carbons (Fsp3) is 0.842. The molecular weight excluding hydrogens is 386 g/mol. The van der Waals surface area contributed by atoms with Crippen LogP contribution in [0.1, 0.15) is 32.6 Å². The van der Waals surface area contributed by atoms with Crippen LogP contribution in [-0.2, 0) is 23.9 Å². The van der Waals surface area contributed by atoms with E-state index in [0.29, 0.717) is 13.2 Å². The maximum atomic E-state index is 12.8. The number of ether oxygens (including phenoxy) is 2. The van der Waals surface area contributed by atoms with Crippen molar-refractivity contribution in [3.8, 4) is 0 Å². The Labute approximate surface area is 171 Å². The van der Waals surface area contributed by atoms with Gasteiger partial charge in [0.2, 0.25) is 17.7 Å². The van der Waals surface area contributed by atoms with Crippen LogP contribution in [0.2, 0.25) is 0 Å². The van der Waals surface area contributed by atoms with Gasteiger partial charge in [-0.3, -0.25) is 19.3 Å². The van der Waals surface area contributed by atoms with E-state index in [0.717, 1.165) is 38.8 Å². The number of likely N-dealkylation sites (tertiary alicyclic amines) is 1. The Morgan fingerprint density at radius 1 is 1.25 bits per heavy atom. The highest BCUT2D eigenvalue weighted by Crippen LogP contribution is 2.48. The van der Waals surface area contributed by atoms with Gasteiger partial charge in [0.25, 0.3) is 0 Å². The van der Waals surface area contributed by atoms with E-state index < -0.39 is 17.9 Å².